The van der Waals surface area contributed by atoms with Gasteiger partial charge in [-0.3, -0.25) is 0 Å². The van der Waals surface area contributed by atoms with Gasteiger partial charge < -0.3 is 0 Å². The molecule has 4 nitrogen and oxygen atoms in total. The lowest BCUT2D eigenvalue weighted by molar-refractivity contribution is 0.900. The fraction of sp³-hybridized carbons (Fsp3) is 0.250. The predicted octanol–water partition coefficient (Wildman–Crippen LogP) is 0.609. The number of hydrogen-bond donors (Lipinski definition) is 0. The standard InChI is InChI=1S/C8H6N4/c9-5-3-7-1-2-8(4-6-10)12-11-7/h1-2H,3-4H2. The Hall–Kier alpha value is -1.94. The van der Waals surface area contributed by atoms with Crippen LogP contribution in [0.2, 0.25) is 0 Å². The van der Waals surface area contributed by atoms with Crippen molar-refractivity contribution in [2.24, 2.45) is 0 Å². The van der Waals surface area contributed by atoms with E-state index in [9.17, 15) is 0 Å². The van der Waals surface area contributed by atoms with Gasteiger partial charge in [-0.1, -0.05) is 0 Å². The highest BCUT2D eigenvalue weighted by molar-refractivity contribution is 5.12. The summed E-state index contributed by atoms with van der Waals surface area (Å²) in [5.41, 5.74) is 1.28. The third-order valence-corrected chi connectivity index (χ3v) is 1.30. The molecule has 0 aliphatic rings. The van der Waals surface area contributed by atoms with Crippen molar-refractivity contribution in [3.63, 3.8) is 0 Å². The van der Waals surface area contributed by atoms with Gasteiger partial charge in [0.1, 0.15) is 0 Å². The first-order valence-electron chi connectivity index (χ1n) is 3.42. The number of rotatable bonds is 2. The van der Waals surface area contributed by atoms with Gasteiger partial charge in [-0.2, -0.15) is 20.7 Å². The van der Waals surface area contributed by atoms with Crippen LogP contribution in [0.1, 0.15) is 11.4 Å². The number of aromatic nitrogens is 2. The molecule has 0 unspecified atom stereocenters. The maximum Gasteiger partial charge on any atom is 0.0793 e. The van der Waals surface area contributed by atoms with E-state index in [0.717, 1.165) is 0 Å². The zero-order chi connectivity index (χ0) is 8.81. The topological polar surface area (TPSA) is 73.4 Å². The highest BCUT2D eigenvalue weighted by atomic mass is 15.1. The molecule has 58 valence electrons. The van der Waals surface area contributed by atoms with Gasteiger partial charge in [0, 0.05) is 0 Å². The number of nitrogens with zero attached hydrogens (tertiary/aromatic N) is 4. The summed E-state index contributed by atoms with van der Waals surface area (Å²) < 4.78 is 0. The maximum atomic E-state index is 8.32. The van der Waals surface area contributed by atoms with Gasteiger partial charge >= 0.3 is 0 Å². The Morgan fingerprint density at radius 2 is 1.42 bits per heavy atom. The Morgan fingerprint density at radius 1 is 1.00 bits per heavy atom. The SMILES string of the molecule is N#CCc1ccc(CC#N)nn1. The van der Waals surface area contributed by atoms with E-state index in [2.05, 4.69) is 10.2 Å². The second-order valence-corrected chi connectivity index (χ2v) is 2.19. The van der Waals surface area contributed by atoms with Crippen LogP contribution >= 0.6 is 0 Å². The zero-order valence-electron chi connectivity index (χ0n) is 6.36. The summed E-state index contributed by atoms with van der Waals surface area (Å²) in [5, 5.41) is 24.2. The molecule has 0 saturated carbocycles. The Balaban J connectivity index is 2.74. The first-order valence-corrected chi connectivity index (χ1v) is 3.42. The first kappa shape index (κ1) is 8.16. The quantitative estimate of drug-likeness (QED) is 0.632. The largest absolute Gasteiger partial charge is 0.198 e. The molecule has 0 aromatic carbocycles. The van der Waals surface area contributed by atoms with Gasteiger partial charge in [-0.25, -0.2) is 0 Å². The lowest BCUT2D eigenvalue weighted by Crippen LogP contribution is -1.95. The van der Waals surface area contributed by atoms with Crippen LogP contribution < -0.4 is 0 Å². The molecule has 0 saturated heterocycles. The minimum atomic E-state index is 0.264. The molecule has 12 heavy (non-hydrogen) atoms. The minimum Gasteiger partial charge on any atom is -0.198 e. The summed E-state index contributed by atoms with van der Waals surface area (Å²) in [6.07, 6.45) is 0.527. The summed E-state index contributed by atoms with van der Waals surface area (Å²) in [6, 6.07) is 7.36. The summed E-state index contributed by atoms with van der Waals surface area (Å²) in [4.78, 5) is 0. The maximum absolute atomic E-state index is 8.32. The summed E-state index contributed by atoms with van der Waals surface area (Å²) in [5.74, 6) is 0. The summed E-state index contributed by atoms with van der Waals surface area (Å²) >= 11 is 0. The second-order valence-electron chi connectivity index (χ2n) is 2.19. The van der Waals surface area contributed by atoms with E-state index in [-0.39, 0.29) is 12.8 Å². The fourth-order valence-electron chi connectivity index (χ4n) is 0.738. The molecule has 1 heterocycles. The van der Waals surface area contributed by atoms with Gasteiger partial charge in [0.25, 0.3) is 0 Å². The third-order valence-electron chi connectivity index (χ3n) is 1.30. The van der Waals surface area contributed by atoms with Crippen molar-refractivity contribution < 1.29 is 0 Å². The molecule has 1 aromatic heterocycles. The van der Waals surface area contributed by atoms with E-state index in [1.165, 1.54) is 0 Å². The van der Waals surface area contributed by atoms with Crippen molar-refractivity contribution in [3.8, 4) is 12.1 Å². The lowest BCUT2D eigenvalue weighted by atomic mass is 10.2. The van der Waals surface area contributed by atoms with Crippen molar-refractivity contribution in [1.29, 1.82) is 10.5 Å². The van der Waals surface area contributed by atoms with Crippen molar-refractivity contribution in [2.75, 3.05) is 0 Å². The highest BCUT2D eigenvalue weighted by Crippen LogP contribution is 1.96. The molecule has 4 heteroatoms. The zero-order valence-corrected chi connectivity index (χ0v) is 6.36. The first-order chi connectivity index (χ1) is 5.86. The Morgan fingerprint density at radius 3 is 1.67 bits per heavy atom. The van der Waals surface area contributed by atoms with Crippen LogP contribution in [-0.4, -0.2) is 10.2 Å². The minimum absolute atomic E-state index is 0.264. The molecule has 0 bridgehead atoms. The number of nitriles is 2. The molecule has 0 fully saturated rings. The van der Waals surface area contributed by atoms with Crippen LogP contribution in [0.3, 0.4) is 0 Å². The Kier molecular flexibility index (Phi) is 2.75. The lowest BCUT2D eigenvalue weighted by Gasteiger charge is -1.93. The molecule has 1 aromatic rings. The van der Waals surface area contributed by atoms with E-state index in [1.807, 2.05) is 12.1 Å². The van der Waals surface area contributed by atoms with E-state index >= 15 is 0 Å². The monoisotopic (exact) mass is 158 g/mol. The van der Waals surface area contributed by atoms with Crippen LogP contribution in [0.15, 0.2) is 12.1 Å². The Labute approximate surface area is 70.1 Å². The van der Waals surface area contributed by atoms with Crippen LogP contribution in [-0.2, 0) is 12.8 Å². The molecule has 0 amide bonds. The van der Waals surface area contributed by atoms with E-state index in [0.29, 0.717) is 11.4 Å². The van der Waals surface area contributed by atoms with E-state index in [1.54, 1.807) is 12.1 Å². The molecule has 0 atom stereocenters. The molecule has 0 aliphatic carbocycles. The van der Waals surface area contributed by atoms with E-state index in [4.69, 9.17) is 10.5 Å². The number of hydrogen-bond acceptors (Lipinski definition) is 4. The highest BCUT2D eigenvalue weighted by Gasteiger charge is 1.95. The second kappa shape index (κ2) is 4.05. The molecular weight excluding hydrogens is 152 g/mol. The Bertz CT molecular complexity index is 293. The molecular formula is C8H6N4. The molecule has 0 aliphatic heterocycles. The third kappa shape index (κ3) is 2.03. The predicted molar refractivity (Wildman–Crippen MR) is 40.7 cm³/mol. The van der Waals surface area contributed by atoms with Crippen molar-refractivity contribution >= 4 is 0 Å². The molecule has 0 spiro atoms. The fourth-order valence-corrected chi connectivity index (χ4v) is 0.738. The normalized spacial score (nSPS) is 8.50. The average molecular weight is 158 g/mol. The summed E-state index contributed by atoms with van der Waals surface area (Å²) in [6.45, 7) is 0. The van der Waals surface area contributed by atoms with Crippen LogP contribution in [0.5, 0.6) is 0 Å². The van der Waals surface area contributed by atoms with E-state index < -0.39 is 0 Å². The van der Waals surface area contributed by atoms with Gasteiger partial charge in [-0.15, -0.1) is 0 Å². The average Bonchev–Trinajstić information content (AvgIpc) is 2.09. The van der Waals surface area contributed by atoms with Crippen molar-refractivity contribution in [2.45, 2.75) is 12.8 Å². The molecule has 0 N–H and O–H groups in total. The molecule has 0 radical (unpaired) electrons. The van der Waals surface area contributed by atoms with Crippen molar-refractivity contribution in [1.82, 2.24) is 10.2 Å². The van der Waals surface area contributed by atoms with Gasteiger partial charge in [0.15, 0.2) is 0 Å². The van der Waals surface area contributed by atoms with Crippen molar-refractivity contribution in [3.05, 3.63) is 23.5 Å². The molecule has 1 rings (SSSR count). The van der Waals surface area contributed by atoms with Crippen LogP contribution in [0, 0.1) is 22.7 Å². The van der Waals surface area contributed by atoms with Gasteiger partial charge in [0.2, 0.25) is 0 Å². The van der Waals surface area contributed by atoms with Crippen LogP contribution in [0.4, 0.5) is 0 Å². The smallest absolute Gasteiger partial charge is 0.0793 e. The van der Waals surface area contributed by atoms with Crippen LogP contribution in [0.25, 0.3) is 0 Å². The van der Waals surface area contributed by atoms with Gasteiger partial charge in [0.05, 0.1) is 36.4 Å². The van der Waals surface area contributed by atoms with Gasteiger partial charge in [-0.05, 0) is 12.1 Å². The summed E-state index contributed by atoms with van der Waals surface area (Å²) in [7, 11) is 0.